The van der Waals surface area contributed by atoms with Crippen molar-refractivity contribution in [2.75, 3.05) is 6.61 Å². The average Bonchev–Trinajstić information content (AvgIpc) is 0.805. The summed E-state index contributed by atoms with van der Waals surface area (Å²) in [5, 5.41) is 0. The molecule has 0 fully saturated rings. The summed E-state index contributed by atoms with van der Waals surface area (Å²) in [7, 11) is 0. The SMILES string of the molecule is Cc1cc(C(=C=Nc2ccccc2)c2ccccc2)cc(C)c1OCC(Oc1c(C)cc(C(=C=Nc2ccccc2)c2ccccc2)cc1C)C(Oc1c(C)cc(C(=C=Nc2ccccc2)c2ccccc2)cc1C)C(C)Oc1c(C)cc(C(=C=Nc2ccccc2)c2ccccc2)cc1C. The zero-order valence-corrected chi connectivity index (χ0v) is 58.6. The highest BCUT2D eigenvalue weighted by Gasteiger charge is 2.36. The van der Waals surface area contributed by atoms with Crippen molar-refractivity contribution in [3.8, 4) is 23.0 Å². The summed E-state index contributed by atoms with van der Waals surface area (Å²) in [6.07, 6.45) is -2.34. The maximum atomic E-state index is 7.71. The molecule has 3 unspecified atom stereocenters. The standard InChI is InChI=1S/C93H80N4O4/c1-63-50-76(84(72-34-18-10-19-35-72)58-94-80-42-26-14-27-43-80)51-64(2)89(63)98-62-88(100-91-67(5)54-78(55-68(91)6)86(74-38-22-12-23-39-74)60-96-82-46-30-16-31-47-82)93(101-92-69(7)56-79(57-70(92)8)87(75-40-24-13-25-41-75)61-97-83-48-32-17-33-49-83)71(9)99-90-65(3)52-77(53-66(90)4)85(73-36-20-11-21-37-73)59-95-81-44-28-15-29-45-81/h10-57,71,88,93H,62H2,1-9H3. The predicted molar refractivity (Wildman–Crippen MR) is 418 cm³/mol. The number of aliphatic imine (C=N–C) groups is 4. The molecule has 12 aromatic carbocycles. The van der Waals surface area contributed by atoms with Crippen molar-refractivity contribution in [3.05, 3.63) is 380 Å². The lowest BCUT2D eigenvalue weighted by Crippen LogP contribution is -2.49. The molecule has 0 aliphatic heterocycles. The molecule has 0 bridgehead atoms. The van der Waals surface area contributed by atoms with Gasteiger partial charge in [-0.1, -0.05) is 194 Å². The Morgan fingerprint density at radius 1 is 0.267 bits per heavy atom. The molecule has 0 amide bonds. The number of ether oxygens (including phenoxy) is 4. The van der Waals surface area contributed by atoms with E-state index in [1.54, 1.807) is 0 Å². The van der Waals surface area contributed by atoms with E-state index in [0.29, 0.717) is 11.5 Å². The van der Waals surface area contributed by atoms with E-state index in [1.807, 2.05) is 194 Å². The zero-order chi connectivity index (χ0) is 70.0. The van der Waals surface area contributed by atoms with Gasteiger partial charge in [-0.15, -0.1) is 0 Å². The molecule has 0 heterocycles. The van der Waals surface area contributed by atoms with E-state index in [0.717, 1.165) is 146 Å². The van der Waals surface area contributed by atoms with Crippen LogP contribution in [0.1, 0.15) is 95.9 Å². The lowest BCUT2D eigenvalue weighted by atomic mass is 9.95. The molecule has 496 valence electrons. The molecule has 0 N–H and O–H groups in total. The third-order valence-electron chi connectivity index (χ3n) is 17.5. The third kappa shape index (κ3) is 17.3. The summed E-state index contributed by atoms with van der Waals surface area (Å²) in [6, 6.07) is 97.9. The molecule has 0 aliphatic carbocycles. The Hall–Kier alpha value is -12.4. The minimum absolute atomic E-state index is 0.0473. The Labute approximate surface area is 594 Å². The highest BCUT2D eigenvalue weighted by atomic mass is 16.6. The fourth-order valence-corrected chi connectivity index (χ4v) is 12.6. The number of hydrogen-bond acceptors (Lipinski definition) is 8. The smallest absolute Gasteiger partial charge is 0.175 e. The maximum absolute atomic E-state index is 7.71. The molecule has 0 aliphatic rings. The van der Waals surface area contributed by atoms with E-state index in [4.69, 9.17) is 38.9 Å². The van der Waals surface area contributed by atoms with Crippen LogP contribution in [0.4, 0.5) is 22.7 Å². The van der Waals surface area contributed by atoms with Gasteiger partial charge in [0.05, 0.1) is 45.0 Å². The molecular weight excluding hydrogens is 1240 g/mol. The molecule has 8 nitrogen and oxygen atoms in total. The summed E-state index contributed by atoms with van der Waals surface area (Å²) < 4.78 is 30.1. The normalized spacial score (nSPS) is 11.6. The minimum Gasteiger partial charge on any atom is -0.489 e. The van der Waals surface area contributed by atoms with Crippen molar-refractivity contribution in [2.45, 2.75) is 80.6 Å². The average molecular weight is 1320 g/mol. The van der Waals surface area contributed by atoms with Crippen LogP contribution in [0.25, 0.3) is 22.3 Å². The summed E-state index contributed by atoms with van der Waals surface area (Å²) in [4.78, 5) is 19.4. The molecule has 12 rings (SSSR count). The monoisotopic (exact) mass is 1320 g/mol. The first-order chi connectivity index (χ1) is 49.3. The second-order valence-corrected chi connectivity index (χ2v) is 25.3. The Kier molecular flexibility index (Phi) is 22.3. The van der Waals surface area contributed by atoms with Gasteiger partial charge in [0.2, 0.25) is 0 Å². The summed E-state index contributed by atoms with van der Waals surface area (Å²) >= 11 is 0. The maximum Gasteiger partial charge on any atom is 0.175 e. The minimum atomic E-state index is -0.837. The van der Waals surface area contributed by atoms with Crippen LogP contribution in [0.15, 0.2) is 311 Å². The first kappa shape index (κ1) is 68.6. The van der Waals surface area contributed by atoms with Crippen LogP contribution >= 0.6 is 0 Å². The fourth-order valence-electron chi connectivity index (χ4n) is 12.6. The van der Waals surface area contributed by atoms with Gasteiger partial charge in [-0.05, 0) is 272 Å². The second-order valence-electron chi connectivity index (χ2n) is 25.3. The Morgan fingerprint density at radius 3 is 0.743 bits per heavy atom. The van der Waals surface area contributed by atoms with E-state index < -0.39 is 18.3 Å². The lowest BCUT2D eigenvalue weighted by molar-refractivity contribution is -0.0336. The van der Waals surface area contributed by atoms with Crippen LogP contribution in [0.2, 0.25) is 0 Å². The second kappa shape index (κ2) is 32.8. The predicted octanol–water partition coefficient (Wildman–Crippen LogP) is 22.6. The Balaban J connectivity index is 0.998. The van der Waals surface area contributed by atoms with Crippen molar-refractivity contribution in [3.63, 3.8) is 0 Å². The fraction of sp³-hybridized carbons (Fsp3) is 0.140. The number of hydrogen-bond donors (Lipinski definition) is 0. The molecule has 0 spiro atoms. The van der Waals surface area contributed by atoms with Crippen molar-refractivity contribution in [1.82, 2.24) is 0 Å². The quantitative estimate of drug-likeness (QED) is 0.0597. The molecule has 8 heteroatoms. The van der Waals surface area contributed by atoms with E-state index in [9.17, 15) is 0 Å². The molecule has 0 saturated heterocycles. The molecule has 101 heavy (non-hydrogen) atoms. The largest absolute Gasteiger partial charge is 0.489 e. The van der Waals surface area contributed by atoms with Gasteiger partial charge in [-0.3, -0.25) is 0 Å². The van der Waals surface area contributed by atoms with Crippen molar-refractivity contribution in [2.24, 2.45) is 20.0 Å². The van der Waals surface area contributed by atoms with E-state index in [2.05, 4.69) is 183 Å². The Bertz CT molecular complexity index is 5050. The van der Waals surface area contributed by atoms with Crippen LogP contribution in [0.3, 0.4) is 0 Å². The van der Waals surface area contributed by atoms with E-state index >= 15 is 0 Å². The number of nitrogens with zero attached hydrogens (tertiary/aromatic N) is 4. The summed E-state index contributed by atoms with van der Waals surface area (Å²) in [5.41, 5.74) is 21.7. The van der Waals surface area contributed by atoms with Crippen LogP contribution in [0, 0.1) is 55.4 Å². The molecular formula is C93H80N4O4. The van der Waals surface area contributed by atoms with Gasteiger partial charge in [0.15, 0.2) is 12.2 Å². The van der Waals surface area contributed by atoms with Gasteiger partial charge in [-0.2, -0.15) is 0 Å². The zero-order valence-electron chi connectivity index (χ0n) is 58.6. The van der Waals surface area contributed by atoms with Gasteiger partial charge >= 0.3 is 0 Å². The van der Waals surface area contributed by atoms with E-state index in [-0.39, 0.29) is 6.61 Å². The molecule has 0 radical (unpaired) electrons. The van der Waals surface area contributed by atoms with Gasteiger partial charge < -0.3 is 18.9 Å². The number of benzene rings is 12. The van der Waals surface area contributed by atoms with Crippen LogP contribution in [0.5, 0.6) is 23.0 Å². The van der Waals surface area contributed by atoms with E-state index in [1.165, 1.54) is 0 Å². The van der Waals surface area contributed by atoms with Crippen molar-refractivity contribution < 1.29 is 18.9 Å². The molecule has 3 atom stereocenters. The highest BCUT2D eigenvalue weighted by molar-refractivity contribution is 6.02. The molecule has 0 saturated carbocycles. The highest BCUT2D eigenvalue weighted by Crippen LogP contribution is 2.39. The molecule has 12 aromatic rings. The first-order valence-electron chi connectivity index (χ1n) is 34.2. The number of para-hydroxylation sites is 4. The summed E-state index contributed by atoms with van der Waals surface area (Å²) in [5.74, 6) is 16.6. The van der Waals surface area contributed by atoms with Crippen LogP contribution in [-0.2, 0) is 0 Å². The topological polar surface area (TPSA) is 86.4 Å². The van der Waals surface area contributed by atoms with Gasteiger partial charge in [0.1, 0.15) is 35.7 Å². The van der Waals surface area contributed by atoms with Crippen LogP contribution < -0.4 is 18.9 Å². The van der Waals surface area contributed by atoms with Crippen molar-refractivity contribution >= 4 is 68.5 Å². The summed E-state index contributed by atoms with van der Waals surface area (Å²) in [6.45, 7) is 18.8. The van der Waals surface area contributed by atoms with Gasteiger partial charge in [0.25, 0.3) is 0 Å². The first-order valence-corrected chi connectivity index (χ1v) is 34.2. The van der Waals surface area contributed by atoms with Gasteiger partial charge in [0, 0.05) is 0 Å². The van der Waals surface area contributed by atoms with Gasteiger partial charge in [-0.25, -0.2) is 20.0 Å². The lowest BCUT2D eigenvalue weighted by Gasteiger charge is -2.35. The van der Waals surface area contributed by atoms with Crippen LogP contribution in [-0.4, -0.2) is 48.4 Å². The molecule has 0 aromatic heterocycles. The number of aryl methyl sites for hydroxylation is 8. The Morgan fingerprint density at radius 2 is 0.485 bits per heavy atom. The third-order valence-corrected chi connectivity index (χ3v) is 17.5. The van der Waals surface area contributed by atoms with Crippen molar-refractivity contribution in [1.29, 1.82) is 0 Å². The number of rotatable bonds is 23.